The van der Waals surface area contributed by atoms with E-state index in [-0.39, 0.29) is 6.04 Å². The Hall–Kier alpha value is -3.41. The number of aryl methyl sites for hydroxylation is 1. The summed E-state index contributed by atoms with van der Waals surface area (Å²) >= 11 is 0. The van der Waals surface area contributed by atoms with Crippen LogP contribution < -0.4 is 5.32 Å². The van der Waals surface area contributed by atoms with Gasteiger partial charge >= 0.3 is 0 Å². The molecule has 2 aliphatic heterocycles. The zero-order chi connectivity index (χ0) is 17.5. The van der Waals surface area contributed by atoms with Crippen molar-refractivity contribution >= 4 is 28.1 Å². The lowest BCUT2D eigenvalue weighted by molar-refractivity contribution is 0.458. The highest BCUT2D eigenvalue weighted by atomic mass is 15.3. The number of hydrogen-bond donors (Lipinski definition) is 1. The Bertz CT molecular complexity index is 1070. The van der Waals surface area contributed by atoms with Crippen LogP contribution in [0.2, 0.25) is 0 Å². The zero-order valence-corrected chi connectivity index (χ0v) is 14.4. The standard InChI is InChI=1S/C20H18N6/c1-25-13-16(11-23-25)18-12-22-20-19(21-8-9-26(18)20)24-17-7-6-14-4-2-3-5-15(14)10-17/h2-11,13,18H,12H2,1H3,(H,21,24). The van der Waals surface area contributed by atoms with Gasteiger partial charge in [0.1, 0.15) is 0 Å². The Balaban J connectivity index is 1.41. The van der Waals surface area contributed by atoms with Gasteiger partial charge in [-0.05, 0) is 22.9 Å². The van der Waals surface area contributed by atoms with Crippen molar-refractivity contribution in [1.82, 2.24) is 14.7 Å². The molecule has 1 aromatic heterocycles. The second-order valence-corrected chi connectivity index (χ2v) is 6.50. The minimum Gasteiger partial charge on any atom is -0.337 e. The van der Waals surface area contributed by atoms with Crippen LogP contribution in [-0.4, -0.2) is 32.9 Å². The molecule has 0 saturated carbocycles. The van der Waals surface area contributed by atoms with Crippen molar-refractivity contribution in [2.24, 2.45) is 17.0 Å². The van der Waals surface area contributed by atoms with Crippen LogP contribution in [0, 0.1) is 0 Å². The lowest BCUT2D eigenvalue weighted by atomic mass is 10.1. The van der Waals surface area contributed by atoms with Gasteiger partial charge in [0.25, 0.3) is 0 Å². The number of aliphatic imine (C=N–C) groups is 2. The average Bonchev–Trinajstić information content (AvgIpc) is 3.28. The molecule has 1 N–H and O–H groups in total. The van der Waals surface area contributed by atoms with Crippen LogP contribution in [-0.2, 0) is 7.05 Å². The monoisotopic (exact) mass is 342 g/mol. The number of hydrogen-bond acceptors (Lipinski definition) is 5. The molecule has 3 heterocycles. The topological polar surface area (TPSA) is 57.8 Å². The second kappa shape index (κ2) is 5.84. The first-order valence-corrected chi connectivity index (χ1v) is 8.60. The van der Waals surface area contributed by atoms with Crippen LogP contribution in [0.4, 0.5) is 5.69 Å². The van der Waals surface area contributed by atoms with Crippen molar-refractivity contribution in [2.75, 3.05) is 11.9 Å². The SMILES string of the molecule is Cn1cc(C2CN=C3C(Nc4ccc5ccccc5c4)=NC=CN32)cn1. The van der Waals surface area contributed by atoms with Gasteiger partial charge in [0, 0.05) is 36.9 Å². The Morgan fingerprint density at radius 1 is 1.12 bits per heavy atom. The molecule has 6 heteroatoms. The zero-order valence-electron chi connectivity index (χ0n) is 14.4. The molecule has 2 aliphatic rings. The molecule has 0 saturated heterocycles. The molecule has 0 amide bonds. The summed E-state index contributed by atoms with van der Waals surface area (Å²) in [4.78, 5) is 11.4. The molecule has 5 rings (SSSR count). The third kappa shape index (κ3) is 2.47. The van der Waals surface area contributed by atoms with Crippen molar-refractivity contribution in [3.63, 3.8) is 0 Å². The lowest BCUT2D eigenvalue weighted by Gasteiger charge is -2.26. The van der Waals surface area contributed by atoms with Crippen molar-refractivity contribution in [3.8, 4) is 0 Å². The third-order valence-electron chi connectivity index (χ3n) is 4.76. The fourth-order valence-corrected chi connectivity index (χ4v) is 3.47. The number of fused-ring (bicyclic) bond motifs is 2. The molecule has 0 radical (unpaired) electrons. The maximum atomic E-state index is 4.73. The lowest BCUT2D eigenvalue weighted by Crippen LogP contribution is -2.37. The van der Waals surface area contributed by atoms with E-state index in [9.17, 15) is 0 Å². The van der Waals surface area contributed by atoms with Crippen molar-refractivity contribution in [3.05, 3.63) is 72.8 Å². The molecule has 0 aliphatic carbocycles. The average molecular weight is 342 g/mol. The van der Waals surface area contributed by atoms with E-state index in [1.807, 2.05) is 42.6 Å². The van der Waals surface area contributed by atoms with Gasteiger partial charge in [-0.1, -0.05) is 30.3 Å². The van der Waals surface area contributed by atoms with E-state index in [0.717, 1.165) is 22.9 Å². The number of benzene rings is 2. The molecule has 0 spiro atoms. The summed E-state index contributed by atoms with van der Waals surface area (Å²) in [5.74, 6) is 1.64. The van der Waals surface area contributed by atoms with Gasteiger partial charge in [-0.3, -0.25) is 9.67 Å². The molecule has 0 fully saturated rings. The number of amidine groups is 2. The predicted molar refractivity (Wildman–Crippen MR) is 104 cm³/mol. The molecule has 1 unspecified atom stereocenters. The fraction of sp³-hybridized carbons (Fsp3) is 0.150. The van der Waals surface area contributed by atoms with Gasteiger partial charge in [0.15, 0.2) is 11.7 Å². The van der Waals surface area contributed by atoms with Gasteiger partial charge in [0.2, 0.25) is 0 Å². The molecule has 128 valence electrons. The predicted octanol–water partition coefficient (Wildman–Crippen LogP) is 3.32. The number of nitrogens with zero attached hydrogens (tertiary/aromatic N) is 5. The van der Waals surface area contributed by atoms with Gasteiger partial charge in [0.05, 0.1) is 18.8 Å². The van der Waals surface area contributed by atoms with Crippen LogP contribution in [0.15, 0.2) is 77.2 Å². The van der Waals surface area contributed by atoms with E-state index in [0.29, 0.717) is 6.54 Å². The van der Waals surface area contributed by atoms with Crippen molar-refractivity contribution < 1.29 is 0 Å². The van der Waals surface area contributed by atoms with Gasteiger partial charge in [-0.25, -0.2) is 4.99 Å². The highest BCUT2D eigenvalue weighted by Crippen LogP contribution is 2.29. The van der Waals surface area contributed by atoms with Crippen molar-refractivity contribution in [2.45, 2.75) is 6.04 Å². The molecule has 6 nitrogen and oxygen atoms in total. The van der Waals surface area contributed by atoms with Gasteiger partial charge in [-0.15, -0.1) is 0 Å². The number of rotatable bonds is 2. The first-order valence-electron chi connectivity index (χ1n) is 8.60. The summed E-state index contributed by atoms with van der Waals surface area (Å²) in [5.41, 5.74) is 2.16. The summed E-state index contributed by atoms with van der Waals surface area (Å²) < 4.78 is 1.82. The van der Waals surface area contributed by atoms with E-state index in [1.165, 1.54) is 10.8 Å². The second-order valence-electron chi connectivity index (χ2n) is 6.50. The fourth-order valence-electron chi connectivity index (χ4n) is 3.47. The number of nitrogens with one attached hydrogen (secondary N) is 1. The summed E-state index contributed by atoms with van der Waals surface area (Å²) in [5, 5.41) is 10.1. The normalized spacial score (nSPS) is 18.7. The third-order valence-corrected chi connectivity index (χ3v) is 4.76. The van der Waals surface area contributed by atoms with Crippen LogP contribution in [0.5, 0.6) is 0 Å². The smallest absolute Gasteiger partial charge is 0.173 e. The summed E-state index contributed by atoms with van der Waals surface area (Å²) in [6, 6.07) is 14.8. The first kappa shape index (κ1) is 14.9. The van der Waals surface area contributed by atoms with E-state index < -0.39 is 0 Å². The molecular formula is C20H18N6. The van der Waals surface area contributed by atoms with Crippen LogP contribution >= 0.6 is 0 Å². The minimum absolute atomic E-state index is 0.166. The maximum absolute atomic E-state index is 4.73. The van der Waals surface area contributed by atoms with E-state index in [4.69, 9.17) is 4.99 Å². The molecule has 26 heavy (non-hydrogen) atoms. The van der Waals surface area contributed by atoms with E-state index in [2.05, 4.69) is 56.7 Å². The van der Waals surface area contributed by atoms with Crippen LogP contribution in [0.1, 0.15) is 11.6 Å². The molecule has 0 bridgehead atoms. The van der Waals surface area contributed by atoms with Gasteiger partial charge in [-0.2, -0.15) is 5.10 Å². The molecule has 1 atom stereocenters. The highest BCUT2D eigenvalue weighted by Gasteiger charge is 2.32. The molecule has 2 aromatic carbocycles. The maximum Gasteiger partial charge on any atom is 0.173 e. The largest absolute Gasteiger partial charge is 0.337 e. The highest BCUT2D eigenvalue weighted by molar-refractivity contribution is 6.45. The van der Waals surface area contributed by atoms with Crippen LogP contribution in [0.3, 0.4) is 0 Å². The first-order chi connectivity index (χ1) is 12.8. The minimum atomic E-state index is 0.166. The van der Waals surface area contributed by atoms with Gasteiger partial charge < -0.3 is 10.2 Å². The number of aromatic nitrogens is 2. The molecular weight excluding hydrogens is 324 g/mol. The Morgan fingerprint density at radius 3 is 2.85 bits per heavy atom. The van der Waals surface area contributed by atoms with Crippen molar-refractivity contribution in [1.29, 1.82) is 0 Å². The number of anilines is 1. The quantitative estimate of drug-likeness (QED) is 0.777. The molecule has 3 aromatic rings. The Kier molecular flexibility index (Phi) is 3.35. The summed E-state index contributed by atoms with van der Waals surface area (Å²) in [6.07, 6.45) is 7.74. The Morgan fingerprint density at radius 2 is 2.00 bits per heavy atom. The summed E-state index contributed by atoms with van der Waals surface area (Å²) in [7, 11) is 1.93. The summed E-state index contributed by atoms with van der Waals surface area (Å²) in [6.45, 7) is 0.698. The van der Waals surface area contributed by atoms with E-state index >= 15 is 0 Å². The Labute approximate surface area is 151 Å². The van der Waals surface area contributed by atoms with Crippen LogP contribution in [0.25, 0.3) is 10.8 Å². The van der Waals surface area contributed by atoms with E-state index in [1.54, 1.807) is 0 Å².